The molecule has 0 unspecified atom stereocenters. The van der Waals surface area contributed by atoms with E-state index in [4.69, 9.17) is 0 Å². The topological polar surface area (TPSA) is 49.4 Å². The van der Waals surface area contributed by atoms with Crippen molar-refractivity contribution >= 4 is 22.6 Å². The predicted octanol–water partition coefficient (Wildman–Crippen LogP) is 4.88. The smallest absolute Gasteiger partial charge is 0.254 e. The highest BCUT2D eigenvalue weighted by atomic mass is 16.2. The first-order valence-corrected chi connectivity index (χ1v) is 10.7. The van der Waals surface area contributed by atoms with E-state index in [0.717, 1.165) is 16.7 Å². The van der Waals surface area contributed by atoms with Crippen molar-refractivity contribution in [2.75, 3.05) is 13.1 Å². The van der Waals surface area contributed by atoms with Crippen LogP contribution in [0.2, 0.25) is 0 Å². The number of nitrogens with one attached hydrogen (secondary N) is 1. The fraction of sp³-hybridized carbons (Fsp3) is 0.308. The van der Waals surface area contributed by atoms with Crippen LogP contribution in [0.1, 0.15) is 47.3 Å². The van der Waals surface area contributed by atoms with Crippen molar-refractivity contribution < 1.29 is 9.59 Å². The Morgan fingerprint density at radius 3 is 2.37 bits per heavy atom. The van der Waals surface area contributed by atoms with Gasteiger partial charge in [-0.1, -0.05) is 60.7 Å². The van der Waals surface area contributed by atoms with Crippen LogP contribution in [0.15, 0.2) is 66.7 Å². The Morgan fingerprint density at radius 2 is 1.60 bits per heavy atom. The maximum absolute atomic E-state index is 12.9. The molecule has 1 saturated heterocycles. The normalized spacial score (nSPS) is 15.7. The summed E-state index contributed by atoms with van der Waals surface area (Å²) in [4.78, 5) is 27.6. The molecule has 1 atom stereocenters. The van der Waals surface area contributed by atoms with Crippen molar-refractivity contribution in [3.05, 3.63) is 83.4 Å². The molecule has 3 aromatic carbocycles. The van der Waals surface area contributed by atoms with Crippen LogP contribution in [-0.4, -0.2) is 29.8 Å². The van der Waals surface area contributed by atoms with Gasteiger partial charge in [-0.25, -0.2) is 0 Å². The molecule has 3 aromatic rings. The Bertz CT molecular complexity index is 1060. The van der Waals surface area contributed by atoms with Crippen LogP contribution in [0.5, 0.6) is 0 Å². The number of hydrogen-bond donors (Lipinski definition) is 1. The molecule has 154 valence electrons. The third-order valence-corrected chi connectivity index (χ3v) is 6.18. The van der Waals surface area contributed by atoms with Gasteiger partial charge in [0.1, 0.15) is 0 Å². The fourth-order valence-corrected chi connectivity index (χ4v) is 4.37. The monoisotopic (exact) mass is 400 g/mol. The lowest BCUT2D eigenvalue weighted by molar-refractivity contribution is -0.126. The van der Waals surface area contributed by atoms with Crippen LogP contribution in [0.4, 0.5) is 0 Å². The van der Waals surface area contributed by atoms with E-state index in [0.29, 0.717) is 25.9 Å². The molecular formula is C26H28N2O2. The Kier molecular flexibility index (Phi) is 5.84. The highest BCUT2D eigenvalue weighted by molar-refractivity contribution is 5.95. The average molecular weight is 401 g/mol. The van der Waals surface area contributed by atoms with Gasteiger partial charge >= 0.3 is 0 Å². The minimum atomic E-state index is -0.0600. The Balaban J connectivity index is 1.37. The molecule has 0 bridgehead atoms. The number of carbonyl (C=O) groups excluding carboxylic acids is 2. The molecule has 0 radical (unpaired) electrons. The molecular weight excluding hydrogens is 372 g/mol. The van der Waals surface area contributed by atoms with Crippen molar-refractivity contribution in [3.8, 4) is 0 Å². The van der Waals surface area contributed by atoms with Crippen molar-refractivity contribution in [2.45, 2.75) is 32.7 Å². The Hall–Kier alpha value is -3.14. The molecule has 1 aliphatic heterocycles. The lowest BCUT2D eigenvalue weighted by Gasteiger charge is -2.32. The molecule has 1 fully saturated rings. The predicted molar refractivity (Wildman–Crippen MR) is 120 cm³/mol. The SMILES string of the molecule is Cc1ccccc1C(=O)N1CCC(C(=O)N[C@@H](C)c2cccc3ccccc23)CC1. The number of likely N-dealkylation sites (tertiary alicyclic amines) is 1. The molecule has 4 rings (SSSR count). The zero-order valence-electron chi connectivity index (χ0n) is 17.6. The van der Waals surface area contributed by atoms with Gasteiger partial charge in [0.25, 0.3) is 5.91 Å². The number of carbonyl (C=O) groups is 2. The summed E-state index contributed by atoms with van der Waals surface area (Å²) in [6, 6.07) is 22.1. The molecule has 30 heavy (non-hydrogen) atoms. The Labute approximate surface area is 177 Å². The number of hydrogen-bond acceptors (Lipinski definition) is 2. The summed E-state index contributed by atoms with van der Waals surface area (Å²) in [6.07, 6.45) is 1.40. The van der Waals surface area contributed by atoms with E-state index in [9.17, 15) is 9.59 Å². The second kappa shape index (κ2) is 8.70. The minimum Gasteiger partial charge on any atom is -0.349 e. The fourth-order valence-electron chi connectivity index (χ4n) is 4.37. The van der Waals surface area contributed by atoms with E-state index in [-0.39, 0.29) is 23.8 Å². The van der Waals surface area contributed by atoms with Crippen LogP contribution in [0.3, 0.4) is 0 Å². The quantitative estimate of drug-likeness (QED) is 0.679. The Morgan fingerprint density at radius 1 is 0.933 bits per heavy atom. The number of benzene rings is 3. The summed E-state index contributed by atoms with van der Waals surface area (Å²) >= 11 is 0. The zero-order valence-corrected chi connectivity index (χ0v) is 17.6. The summed E-state index contributed by atoms with van der Waals surface area (Å²) in [5.41, 5.74) is 2.88. The van der Waals surface area contributed by atoms with Gasteiger partial charge in [0.15, 0.2) is 0 Å². The van der Waals surface area contributed by atoms with E-state index in [1.165, 1.54) is 10.8 Å². The van der Waals surface area contributed by atoms with Crippen LogP contribution >= 0.6 is 0 Å². The summed E-state index contributed by atoms with van der Waals surface area (Å²) in [5, 5.41) is 5.55. The van der Waals surface area contributed by atoms with E-state index in [2.05, 4.69) is 29.6 Å². The largest absolute Gasteiger partial charge is 0.349 e. The van der Waals surface area contributed by atoms with Gasteiger partial charge in [0.05, 0.1) is 6.04 Å². The van der Waals surface area contributed by atoms with Crippen molar-refractivity contribution in [1.29, 1.82) is 0 Å². The lowest BCUT2D eigenvalue weighted by atomic mass is 9.93. The van der Waals surface area contributed by atoms with Crippen LogP contribution < -0.4 is 5.32 Å². The van der Waals surface area contributed by atoms with Gasteiger partial charge in [0, 0.05) is 24.6 Å². The molecule has 1 aliphatic rings. The van der Waals surface area contributed by atoms with E-state index in [1.807, 2.05) is 61.2 Å². The van der Waals surface area contributed by atoms with Crippen molar-refractivity contribution in [3.63, 3.8) is 0 Å². The maximum Gasteiger partial charge on any atom is 0.254 e. The summed E-state index contributed by atoms with van der Waals surface area (Å²) in [7, 11) is 0. The van der Waals surface area contributed by atoms with E-state index < -0.39 is 0 Å². The van der Waals surface area contributed by atoms with Crippen LogP contribution in [0.25, 0.3) is 10.8 Å². The van der Waals surface area contributed by atoms with E-state index in [1.54, 1.807) is 0 Å². The molecule has 4 heteroatoms. The second-order valence-electron chi connectivity index (χ2n) is 8.18. The number of piperidine rings is 1. The third kappa shape index (κ3) is 4.09. The number of aryl methyl sites for hydroxylation is 1. The number of nitrogens with zero attached hydrogens (tertiary/aromatic N) is 1. The van der Waals surface area contributed by atoms with Crippen LogP contribution in [0, 0.1) is 12.8 Å². The van der Waals surface area contributed by atoms with Crippen molar-refractivity contribution in [2.24, 2.45) is 5.92 Å². The van der Waals surface area contributed by atoms with Gasteiger partial charge in [-0.05, 0) is 54.7 Å². The molecule has 0 spiro atoms. The zero-order chi connectivity index (χ0) is 21.1. The first-order valence-electron chi connectivity index (χ1n) is 10.7. The van der Waals surface area contributed by atoms with Crippen LogP contribution in [-0.2, 0) is 4.79 Å². The minimum absolute atomic E-state index is 0.0525. The standard InChI is InChI=1S/C26H28N2O2/c1-18-8-3-5-11-22(18)26(30)28-16-14-21(15-17-28)25(29)27-19(2)23-13-7-10-20-9-4-6-12-24(20)23/h3-13,19,21H,14-17H2,1-2H3,(H,27,29)/t19-/m0/s1. The summed E-state index contributed by atoms with van der Waals surface area (Å²) in [6.45, 7) is 5.24. The highest BCUT2D eigenvalue weighted by Gasteiger charge is 2.29. The summed E-state index contributed by atoms with van der Waals surface area (Å²) < 4.78 is 0. The lowest BCUT2D eigenvalue weighted by Crippen LogP contribution is -2.43. The second-order valence-corrected chi connectivity index (χ2v) is 8.18. The first kappa shape index (κ1) is 20.1. The van der Waals surface area contributed by atoms with Gasteiger partial charge < -0.3 is 10.2 Å². The molecule has 2 amide bonds. The van der Waals surface area contributed by atoms with Gasteiger partial charge in [0.2, 0.25) is 5.91 Å². The van der Waals surface area contributed by atoms with Gasteiger partial charge in [-0.15, -0.1) is 0 Å². The molecule has 0 aromatic heterocycles. The molecule has 0 saturated carbocycles. The maximum atomic E-state index is 12.9. The highest BCUT2D eigenvalue weighted by Crippen LogP contribution is 2.26. The third-order valence-electron chi connectivity index (χ3n) is 6.18. The van der Waals surface area contributed by atoms with Gasteiger partial charge in [-0.2, -0.15) is 0 Å². The molecule has 1 N–H and O–H groups in total. The average Bonchev–Trinajstić information content (AvgIpc) is 2.78. The van der Waals surface area contributed by atoms with Gasteiger partial charge in [-0.3, -0.25) is 9.59 Å². The first-order chi connectivity index (χ1) is 14.5. The van der Waals surface area contributed by atoms with Crippen molar-refractivity contribution in [1.82, 2.24) is 10.2 Å². The number of amides is 2. The van der Waals surface area contributed by atoms with E-state index >= 15 is 0 Å². The molecule has 0 aliphatic carbocycles. The number of rotatable bonds is 4. The molecule has 4 nitrogen and oxygen atoms in total. The molecule has 1 heterocycles. The number of fused-ring (bicyclic) bond motifs is 1. The summed E-state index contributed by atoms with van der Waals surface area (Å²) in [5.74, 6) is 0.0952.